The van der Waals surface area contributed by atoms with Crippen molar-refractivity contribution in [3.63, 3.8) is 0 Å². The maximum absolute atomic E-state index is 12.6. The molecule has 6 heteroatoms. The van der Waals surface area contributed by atoms with Crippen LogP contribution in [-0.4, -0.2) is 38.9 Å². The van der Waals surface area contributed by atoms with Gasteiger partial charge in [0.15, 0.2) is 5.65 Å². The summed E-state index contributed by atoms with van der Waals surface area (Å²) in [6.45, 7) is 2.35. The van der Waals surface area contributed by atoms with E-state index in [1.165, 1.54) is 0 Å². The Labute approximate surface area is 140 Å². The molecule has 0 fully saturated rings. The van der Waals surface area contributed by atoms with E-state index in [0.29, 0.717) is 24.2 Å². The van der Waals surface area contributed by atoms with E-state index >= 15 is 0 Å². The molecule has 1 aromatic carbocycles. The lowest BCUT2D eigenvalue weighted by atomic mass is 10.0. The molecule has 6 nitrogen and oxygen atoms in total. The summed E-state index contributed by atoms with van der Waals surface area (Å²) in [5, 5.41) is 16.9. The third kappa shape index (κ3) is 3.00. The zero-order valence-electron chi connectivity index (χ0n) is 13.8. The monoisotopic (exact) mass is 324 g/mol. The largest absolute Gasteiger partial charge is 0.396 e. The molecule has 2 aromatic heterocycles. The van der Waals surface area contributed by atoms with Crippen molar-refractivity contribution in [2.75, 3.05) is 13.2 Å². The molecule has 0 saturated carbocycles. The Morgan fingerprint density at radius 1 is 1.29 bits per heavy atom. The minimum atomic E-state index is -0.177. The molecule has 0 spiro atoms. The number of pyridine rings is 1. The Bertz CT molecular complexity index is 872. The second-order valence-electron chi connectivity index (χ2n) is 5.66. The summed E-state index contributed by atoms with van der Waals surface area (Å²) in [5.41, 5.74) is 3.69. The molecule has 0 atom stereocenters. The molecular weight excluding hydrogens is 304 g/mol. The van der Waals surface area contributed by atoms with Gasteiger partial charge >= 0.3 is 0 Å². The van der Waals surface area contributed by atoms with Crippen molar-refractivity contribution in [3.05, 3.63) is 47.7 Å². The first kappa shape index (κ1) is 16.1. The summed E-state index contributed by atoms with van der Waals surface area (Å²) >= 11 is 0. The fraction of sp³-hybridized carbons (Fsp3) is 0.278. The van der Waals surface area contributed by atoms with Gasteiger partial charge in [0.25, 0.3) is 5.91 Å². The van der Waals surface area contributed by atoms with E-state index in [-0.39, 0.29) is 12.5 Å². The van der Waals surface area contributed by atoms with E-state index in [0.717, 1.165) is 22.3 Å². The van der Waals surface area contributed by atoms with E-state index in [1.807, 2.05) is 44.3 Å². The molecule has 0 radical (unpaired) electrons. The normalized spacial score (nSPS) is 11.0. The first-order valence-electron chi connectivity index (χ1n) is 7.90. The minimum Gasteiger partial charge on any atom is -0.396 e. The smallest absolute Gasteiger partial charge is 0.252 e. The van der Waals surface area contributed by atoms with Gasteiger partial charge in [-0.1, -0.05) is 30.3 Å². The fourth-order valence-electron chi connectivity index (χ4n) is 2.76. The summed E-state index contributed by atoms with van der Waals surface area (Å²) < 4.78 is 1.70. The quantitative estimate of drug-likeness (QED) is 0.704. The first-order chi connectivity index (χ1) is 11.6. The molecule has 0 aliphatic carbocycles. The standard InChI is InChI=1S/C18H20N4O2/c1-12-16-14(18(24)19-9-6-10-23)11-15(13-7-4-3-5-8-13)20-17(16)22(2)21-12/h3-5,7-8,11,23H,6,9-10H2,1-2H3,(H,19,24). The Hall–Kier alpha value is -2.73. The number of aromatic nitrogens is 3. The average molecular weight is 324 g/mol. The molecule has 3 aromatic rings. The number of nitrogens with zero attached hydrogens (tertiary/aromatic N) is 3. The maximum Gasteiger partial charge on any atom is 0.252 e. The summed E-state index contributed by atoms with van der Waals surface area (Å²) in [6, 6.07) is 11.6. The van der Waals surface area contributed by atoms with Crippen LogP contribution >= 0.6 is 0 Å². The number of aryl methyl sites for hydroxylation is 2. The van der Waals surface area contributed by atoms with E-state index in [9.17, 15) is 4.79 Å². The van der Waals surface area contributed by atoms with Crippen molar-refractivity contribution < 1.29 is 9.90 Å². The number of aliphatic hydroxyl groups excluding tert-OH is 1. The molecule has 3 rings (SSSR count). The summed E-state index contributed by atoms with van der Waals surface area (Å²) in [5.74, 6) is -0.177. The van der Waals surface area contributed by atoms with Crippen LogP contribution < -0.4 is 5.32 Å². The summed E-state index contributed by atoms with van der Waals surface area (Å²) in [6.07, 6.45) is 0.525. The highest BCUT2D eigenvalue weighted by Crippen LogP contribution is 2.26. The number of hydrogen-bond donors (Lipinski definition) is 2. The van der Waals surface area contributed by atoms with Crippen LogP contribution in [0.3, 0.4) is 0 Å². The van der Waals surface area contributed by atoms with E-state index in [4.69, 9.17) is 5.11 Å². The molecule has 1 amide bonds. The van der Waals surface area contributed by atoms with Crippen molar-refractivity contribution in [1.82, 2.24) is 20.1 Å². The summed E-state index contributed by atoms with van der Waals surface area (Å²) in [4.78, 5) is 17.3. The number of benzene rings is 1. The van der Waals surface area contributed by atoms with Crippen LogP contribution in [0.4, 0.5) is 0 Å². The van der Waals surface area contributed by atoms with Gasteiger partial charge in [0.05, 0.1) is 22.3 Å². The average Bonchev–Trinajstić information content (AvgIpc) is 2.89. The van der Waals surface area contributed by atoms with E-state index in [1.54, 1.807) is 10.7 Å². The molecule has 0 bridgehead atoms. The number of rotatable bonds is 5. The lowest BCUT2D eigenvalue weighted by Crippen LogP contribution is -2.25. The maximum atomic E-state index is 12.6. The Morgan fingerprint density at radius 2 is 2.04 bits per heavy atom. The highest BCUT2D eigenvalue weighted by atomic mass is 16.3. The zero-order valence-corrected chi connectivity index (χ0v) is 13.8. The minimum absolute atomic E-state index is 0.0488. The predicted octanol–water partition coefficient (Wildman–Crippen LogP) is 2.06. The van der Waals surface area contributed by atoms with Gasteiger partial charge < -0.3 is 10.4 Å². The third-order valence-corrected chi connectivity index (χ3v) is 3.90. The summed E-state index contributed by atoms with van der Waals surface area (Å²) in [7, 11) is 1.82. The number of fused-ring (bicyclic) bond motifs is 1. The van der Waals surface area contributed by atoms with Crippen LogP contribution in [0.1, 0.15) is 22.5 Å². The highest BCUT2D eigenvalue weighted by Gasteiger charge is 2.18. The topological polar surface area (TPSA) is 80.0 Å². The molecule has 2 heterocycles. The van der Waals surface area contributed by atoms with Crippen molar-refractivity contribution in [1.29, 1.82) is 0 Å². The molecule has 124 valence electrons. The molecular formula is C18H20N4O2. The Morgan fingerprint density at radius 3 is 2.75 bits per heavy atom. The van der Waals surface area contributed by atoms with Gasteiger partial charge in [-0.05, 0) is 19.4 Å². The zero-order chi connectivity index (χ0) is 17.1. The molecule has 2 N–H and O–H groups in total. The van der Waals surface area contributed by atoms with Crippen LogP contribution in [0, 0.1) is 6.92 Å². The number of hydrogen-bond acceptors (Lipinski definition) is 4. The third-order valence-electron chi connectivity index (χ3n) is 3.90. The van der Waals surface area contributed by atoms with E-state index in [2.05, 4.69) is 15.4 Å². The molecule has 0 aliphatic rings. The van der Waals surface area contributed by atoms with Crippen molar-refractivity contribution >= 4 is 16.9 Å². The van der Waals surface area contributed by atoms with Crippen LogP contribution in [-0.2, 0) is 7.05 Å². The lowest BCUT2D eigenvalue weighted by molar-refractivity contribution is 0.0952. The van der Waals surface area contributed by atoms with Crippen LogP contribution in [0.25, 0.3) is 22.3 Å². The molecule has 0 aliphatic heterocycles. The molecule has 0 saturated heterocycles. The molecule has 0 unspecified atom stereocenters. The van der Waals surface area contributed by atoms with Gasteiger partial charge in [0, 0.05) is 25.8 Å². The van der Waals surface area contributed by atoms with Gasteiger partial charge in [-0.3, -0.25) is 9.48 Å². The van der Waals surface area contributed by atoms with Crippen LogP contribution in [0.15, 0.2) is 36.4 Å². The Balaban J connectivity index is 2.13. The van der Waals surface area contributed by atoms with E-state index < -0.39 is 0 Å². The first-order valence-corrected chi connectivity index (χ1v) is 7.90. The van der Waals surface area contributed by atoms with Gasteiger partial charge in [-0.15, -0.1) is 0 Å². The van der Waals surface area contributed by atoms with Crippen molar-refractivity contribution in [2.24, 2.45) is 7.05 Å². The SMILES string of the molecule is Cc1nn(C)c2nc(-c3ccccc3)cc(C(=O)NCCCO)c12. The van der Waals surface area contributed by atoms with Gasteiger partial charge in [0.2, 0.25) is 0 Å². The van der Waals surface area contributed by atoms with Gasteiger partial charge in [-0.2, -0.15) is 5.10 Å². The van der Waals surface area contributed by atoms with Crippen LogP contribution in [0.5, 0.6) is 0 Å². The lowest BCUT2D eigenvalue weighted by Gasteiger charge is -2.09. The second kappa shape index (κ2) is 6.80. The second-order valence-corrected chi connectivity index (χ2v) is 5.66. The number of aliphatic hydroxyl groups is 1. The molecule has 24 heavy (non-hydrogen) atoms. The van der Waals surface area contributed by atoms with Gasteiger partial charge in [-0.25, -0.2) is 4.98 Å². The highest BCUT2D eigenvalue weighted by molar-refractivity contribution is 6.07. The number of carbonyl (C=O) groups is 1. The predicted molar refractivity (Wildman–Crippen MR) is 92.7 cm³/mol. The number of amides is 1. The van der Waals surface area contributed by atoms with Crippen molar-refractivity contribution in [3.8, 4) is 11.3 Å². The Kier molecular flexibility index (Phi) is 4.57. The number of carbonyl (C=O) groups excluding carboxylic acids is 1. The fourth-order valence-corrected chi connectivity index (χ4v) is 2.76. The van der Waals surface area contributed by atoms with Crippen LogP contribution in [0.2, 0.25) is 0 Å². The van der Waals surface area contributed by atoms with Crippen molar-refractivity contribution in [2.45, 2.75) is 13.3 Å². The van der Waals surface area contributed by atoms with Gasteiger partial charge in [0.1, 0.15) is 0 Å². The number of nitrogens with one attached hydrogen (secondary N) is 1.